The second-order valence-electron chi connectivity index (χ2n) is 4.37. The number of piperazine rings is 1. The van der Waals surface area contributed by atoms with Crippen molar-refractivity contribution in [3.63, 3.8) is 0 Å². The summed E-state index contributed by atoms with van der Waals surface area (Å²) in [5.41, 5.74) is 7.58. The standard InChI is InChI=1S/C13H17N3O2/c1-15-12(17)8-16(9-13(15)18)11-5-3-2-4-10(11)6-7-14/h2-5H,6-9,14H2,1H3. The first-order valence-electron chi connectivity index (χ1n) is 5.95. The minimum Gasteiger partial charge on any atom is -0.353 e. The fraction of sp³-hybridized carbons (Fsp3) is 0.385. The van der Waals surface area contributed by atoms with Crippen molar-refractivity contribution in [1.29, 1.82) is 0 Å². The van der Waals surface area contributed by atoms with Crippen LogP contribution in [0.4, 0.5) is 5.69 Å². The molecular formula is C13H17N3O2. The highest BCUT2D eigenvalue weighted by molar-refractivity contribution is 6.02. The van der Waals surface area contributed by atoms with Gasteiger partial charge >= 0.3 is 0 Å². The Kier molecular flexibility index (Phi) is 3.62. The van der Waals surface area contributed by atoms with Crippen molar-refractivity contribution >= 4 is 17.5 Å². The van der Waals surface area contributed by atoms with E-state index in [9.17, 15) is 9.59 Å². The van der Waals surface area contributed by atoms with Crippen LogP contribution >= 0.6 is 0 Å². The summed E-state index contributed by atoms with van der Waals surface area (Å²) < 4.78 is 0. The number of carbonyl (C=O) groups is 2. The predicted octanol–water partition coefficient (Wildman–Crippen LogP) is -0.00720. The quantitative estimate of drug-likeness (QED) is 0.763. The Morgan fingerprint density at radius 2 is 1.78 bits per heavy atom. The maximum atomic E-state index is 11.7. The molecule has 1 aromatic carbocycles. The first-order chi connectivity index (χ1) is 8.63. The number of imide groups is 1. The van der Waals surface area contributed by atoms with Crippen LogP contribution in [0.3, 0.4) is 0 Å². The van der Waals surface area contributed by atoms with Crippen molar-refractivity contribution in [3.05, 3.63) is 29.8 Å². The Bertz CT molecular complexity index is 455. The lowest BCUT2D eigenvalue weighted by Gasteiger charge is -2.33. The molecule has 0 unspecified atom stereocenters. The van der Waals surface area contributed by atoms with Gasteiger partial charge in [0.05, 0.1) is 13.1 Å². The molecular weight excluding hydrogens is 230 g/mol. The van der Waals surface area contributed by atoms with Crippen LogP contribution in [0.2, 0.25) is 0 Å². The van der Waals surface area contributed by atoms with E-state index in [4.69, 9.17) is 5.73 Å². The summed E-state index contributed by atoms with van der Waals surface area (Å²) in [6.45, 7) is 1.03. The third-order valence-corrected chi connectivity index (χ3v) is 3.15. The molecule has 5 heteroatoms. The summed E-state index contributed by atoms with van der Waals surface area (Å²) in [7, 11) is 1.52. The fourth-order valence-corrected chi connectivity index (χ4v) is 2.09. The number of nitrogens with zero attached hydrogens (tertiary/aromatic N) is 2. The molecule has 0 spiro atoms. The third-order valence-electron chi connectivity index (χ3n) is 3.15. The molecule has 1 aliphatic heterocycles. The lowest BCUT2D eigenvalue weighted by molar-refractivity contribution is -0.143. The van der Waals surface area contributed by atoms with E-state index in [-0.39, 0.29) is 24.9 Å². The van der Waals surface area contributed by atoms with Crippen LogP contribution in [0, 0.1) is 0 Å². The molecule has 0 aromatic heterocycles. The van der Waals surface area contributed by atoms with Crippen molar-refractivity contribution in [2.75, 3.05) is 31.6 Å². The number of nitrogens with two attached hydrogens (primary N) is 1. The van der Waals surface area contributed by atoms with Gasteiger partial charge in [0.2, 0.25) is 11.8 Å². The van der Waals surface area contributed by atoms with Gasteiger partial charge in [-0.2, -0.15) is 0 Å². The SMILES string of the molecule is CN1C(=O)CN(c2ccccc2CCN)CC1=O. The van der Waals surface area contributed by atoms with Gasteiger partial charge in [-0.05, 0) is 24.6 Å². The maximum Gasteiger partial charge on any atom is 0.248 e. The number of anilines is 1. The molecule has 0 bridgehead atoms. The van der Waals surface area contributed by atoms with Gasteiger partial charge in [0.25, 0.3) is 0 Å². The first-order valence-corrected chi connectivity index (χ1v) is 5.95. The topological polar surface area (TPSA) is 66.6 Å². The van der Waals surface area contributed by atoms with Crippen molar-refractivity contribution in [3.8, 4) is 0 Å². The molecule has 0 atom stereocenters. The van der Waals surface area contributed by atoms with Crippen molar-refractivity contribution in [2.24, 2.45) is 5.73 Å². The second kappa shape index (κ2) is 5.18. The monoisotopic (exact) mass is 247 g/mol. The zero-order valence-corrected chi connectivity index (χ0v) is 10.4. The van der Waals surface area contributed by atoms with E-state index in [0.717, 1.165) is 17.7 Å². The lowest BCUT2D eigenvalue weighted by atomic mass is 10.1. The second-order valence-corrected chi connectivity index (χ2v) is 4.37. The van der Waals surface area contributed by atoms with Crippen LogP contribution in [-0.2, 0) is 16.0 Å². The first kappa shape index (κ1) is 12.6. The van der Waals surface area contributed by atoms with Crippen molar-refractivity contribution in [1.82, 2.24) is 4.90 Å². The Balaban J connectivity index is 2.26. The van der Waals surface area contributed by atoms with Gasteiger partial charge < -0.3 is 10.6 Å². The number of hydrogen-bond acceptors (Lipinski definition) is 4. The molecule has 0 aliphatic carbocycles. The molecule has 2 amide bonds. The number of para-hydroxylation sites is 1. The highest BCUT2D eigenvalue weighted by Crippen LogP contribution is 2.22. The largest absolute Gasteiger partial charge is 0.353 e. The van der Waals surface area contributed by atoms with E-state index in [0.29, 0.717) is 6.54 Å². The highest BCUT2D eigenvalue weighted by Gasteiger charge is 2.28. The smallest absolute Gasteiger partial charge is 0.248 e. The van der Waals surface area contributed by atoms with Crippen LogP contribution in [0.1, 0.15) is 5.56 Å². The summed E-state index contributed by atoms with van der Waals surface area (Å²) in [5, 5.41) is 0. The van der Waals surface area contributed by atoms with Crippen LogP contribution in [-0.4, -0.2) is 43.4 Å². The van der Waals surface area contributed by atoms with E-state index < -0.39 is 0 Å². The molecule has 0 radical (unpaired) electrons. The van der Waals surface area contributed by atoms with Crippen LogP contribution in [0.5, 0.6) is 0 Å². The van der Waals surface area contributed by atoms with Gasteiger partial charge in [-0.25, -0.2) is 0 Å². The van der Waals surface area contributed by atoms with Crippen LogP contribution in [0.25, 0.3) is 0 Å². The molecule has 5 nitrogen and oxygen atoms in total. The van der Waals surface area contributed by atoms with Crippen LogP contribution < -0.4 is 10.6 Å². The van der Waals surface area contributed by atoms with Gasteiger partial charge in [-0.1, -0.05) is 18.2 Å². The highest BCUT2D eigenvalue weighted by atomic mass is 16.2. The number of amides is 2. The normalized spacial score (nSPS) is 16.3. The molecule has 2 rings (SSSR count). The Morgan fingerprint density at radius 1 is 1.17 bits per heavy atom. The average molecular weight is 247 g/mol. The van der Waals surface area contributed by atoms with Gasteiger partial charge in [0.1, 0.15) is 0 Å². The minimum atomic E-state index is -0.172. The number of rotatable bonds is 3. The number of hydrogen-bond donors (Lipinski definition) is 1. The maximum absolute atomic E-state index is 11.7. The van der Waals surface area contributed by atoms with Gasteiger partial charge in [0.15, 0.2) is 0 Å². The van der Waals surface area contributed by atoms with E-state index in [2.05, 4.69) is 0 Å². The molecule has 1 fully saturated rings. The van der Waals surface area contributed by atoms with E-state index in [1.54, 1.807) is 0 Å². The summed E-state index contributed by atoms with van der Waals surface area (Å²) in [6, 6.07) is 7.75. The van der Waals surface area contributed by atoms with Crippen molar-refractivity contribution in [2.45, 2.75) is 6.42 Å². The lowest BCUT2D eigenvalue weighted by Crippen LogP contribution is -2.52. The molecule has 2 N–H and O–H groups in total. The summed E-state index contributed by atoms with van der Waals surface area (Å²) in [6.07, 6.45) is 0.741. The zero-order valence-electron chi connectivity index (χ0n) is 10.4. The zero-order chi connectivity index (χ0) is 13.1. The average Bonchev–Trinajstić information content (AvgIpc) is 2.36. The Hall–Kier alpha value is -1.88. The molecule has 18 heavy (non-hydrogen) atoms. The van der Waals surface area contributed by atoms with Crippen LogP contribution in [0.15, 0.2) is 24.3 Å². The Morgan fingerprint density at radius 3 is 2.39 bits per heavy atom. The number of carbonyl (C=O) groups excluding carboxylic acids is 2. The summed E-state index contributed by atoms with van der Waals surface area (Å²) in [4.78, 5) is 26.4. The Labute approximate surface area is 106 Å². The molecule has 1 saturated heterocycles. The van der Waals surface area contributed by atoms with Gasteiger partial charge in [-0.3, -0.25) is 14.5 Å². The predicted molar refractivity (Wildman–Crippen MR) is 69.2 cm³/mol. The minimum absolute atomic E-state index is 0.172. The van der Waals surface area contributed by atoms with E-state index in [1.807, 2.05) is 29.2 Å². The molecule has 1 aromatic rings. The molecule has 1 aliphatic rings. The summed E-state index contributed by atoms with van der Waals surface area (Å²) >= 11 is 0. The van der Waals surface area contributed by atoms with Gasteiger partial charge in [-0.15, -0.1) is 0 Å². The van der Waals surface area contributed by atoms with Gasteiger partial charge in [0, 0.05) is 12.7 Å². The molecule has 0 saturated carbocycles. The number of benzene rings is 1. The number of likely N-dealkylation sites (N-methyl/N-ethyl adjacent to an activating group) is 1. The fourth-order valence-electron chi connectivity index (χ4n) is 2.09. The van der Waals surface area contributed by atoms with Crippen molar-refractivity contribution < 1.29 is 9.59 Å². The third kappa shape index (κ3) is 2.36. The molecule has 96 valence electrons. The molecule has 1 heterocycles. The summed E-state index contributed by atoms with van der Waals surface area (Å²) in [5.74, 6) is -0.345. The van der Waals surface area contributed by atoms with E-state index in [1.165, 1.54) is 11.9 Å². The van der Waals surface area contributed by atoms with E-state index >= 15 is 0 Å².